The Hall–Kier alpha value is -3.08. The van der Waals surface area contributed by atoms with Gasteiger partial charge in [-0.2, -0.15) is 0 Å². The van der Waals surface area contributed by atoms with Crippen molar-refractivity contribution in [3.05, 3.63) is 65.4 Å². The van der Waals surface area contributed by atoms with E-state index in [2.05, 4.69) is 38.0 Å². The molecule has 1 heterocycles. The average Bonchev–Trinajstić information content (AvgIpc) is 3.10. The quantitative estimate of drug-likeness (QED) is 0.578. The van der Waals surface area contributed by atoms with Crippen molar-refractivity contribution < 1.29 is 14.3 Å². The lowest BCUT2D eigenvalue weighted by Crippen LogP contribution is -2.22. The molecule has 5 nitrogen and oxygen atoms in total. The molecule has 2 aromatic carbocycles. The molecule has 28 heavy (non-hydrogen) atoms. The largest absolute Gasteiger partial charge is 0.451 e. The molecule has 0 aliphatic heterocycles. The second-order valence-electron chi connectivity index (χ2n) is 7.52. The van der Waals surface area contributed by atoms with Gasteiger partial charge in [0.05, 0.1) is 0 Å². The van der Waals surface area contributed by atoms with Gasteiger partial charge in [-0.25, -0.2) is 4.79 Å². The summed E-state index contributed by atoms with van der Waals surface area (Å²) in [7, 11) is 0. The molecule has 5 heteroatoms. The number of amides is 1. The summed E-state index contributed by atoms with van der Waals surface area (Å²) in [6.45, 7) is 8.02. The summed E-state index contributed by atoms with van der Waals surface area (Å²) in [6, 6.07) is 15.3. The van der Waals surface area contributed by atoms with E-state index < -0.39 is 5.97 Å². The first-order chi connectivity index (χ1) is 13.4. The molecular weight excluding hydrogens is 352 g/mol. The Morgan fingerprint density at radius 1 is 0.964 bits per heavy atom. The van der Waals surface area contributed by atoms with Crippen LogP contribution >= 0.6 is 0 Å². The van der Waals surface area contributed by atoms with E-state index in [1.807, 2.05) is 42.5 Å². The SMILES string of the molecule is CC(C)c1cccc(C(C)C)c1NC(=O)COC(=O)c1cc2ccccc2[nH]1. The molecule has 0 saturated carbocycles. The van der Waals surface area contributed by atoms with Gasteiger partial charge in [0.1, 0.15) is 5.69 Å². The first kappa shape index (κ1) is 19.7. The van der Waals surface area contributed by atoms with Crippen LogP contribution in [-0.4, -0.2) is 23.5 Å². The van der Waals surface area contributed by atoms with Crippen molar-refractivity contribution >= 4 is 28.5 Å². The van der Waals surface area contributed by atoms with Crippen LogP contribution in [0.3, 0.4) is 0 Å². The molecule has 0 saturated heterocycles. The maximum Gasteiger partial charge on any atom is 0.355 e. The maximum absolute atomic E-state index is 12.5. The zero-order valence-electron chi connectivity index (χ0n) is 16.7. The molecule has 2 N–H and O–H groups in total. The lowest BCUT2D eigenvalue weighted by atomic mass is 9.92. The van der Waals surface area contributed by atoms with Crippen LogP contribution in [-0.2, 0) is 9.53 Å². The van der Waals surface area contributed by atoms with E-state index in [1.54, 1.807) is 6.07 Å². The van der Waals surface area contributed by atoms with Gasteiger partial charge in [0.2, 0.25) is 0 Å². The fourth-order valence-electron chi connectivity index (χ4n) is 3.26. The van der Waals surface area contributed by atoms with E-state index in [0.29, 0.717) is 5.69 Å². The lowest BCUT2D eigenvalue weighted by Gasteiger charge is -2.20. The minimum Gasteiger partial charge on any atom is -0.451 e. The van der Waals surface area contributed by atoms with Crippen LogP contribution < -0.4 is 5.32 Å². The van der Waals surface area contributed by atoms with Gasteiger partial charge in [-0.05, 0) is 35.1 Å². The molecule has 0 atom stereocenters. The average molecular weight is 378 g/mol. The number of aromatic amines is 1. The van der Waals surface area contributed by atoms with Crippen molar-refractivity contribution in [1.29, 1.82) is 0 Å². The third-order valence-electron chi connectivity index (χ3n) is 4.72. The number of carbonyl (C=O) groups is 2. The number of ether oxygens (including phenoxy) is 1. The third-order valence-corrected chi connectivity index (χ3v) is 4.72. The summed E-state index contributed by atoms with van der Waals surface area (Å²) in [5.41, 5.74) is 4.15. The number of nitrogens with one attached hydrogen (secondary N) is 2. The summed E-state index contributed by atoms with van der Waals surface area (Å²) in [6.07, 6.45) is 0. The normalized spacial score (nSPS) is 11.2. The fraction of sp³-hybridized carbons (Fsp3) is 0.304. The number of carbonyl (C=O) groups excluding carboxylic acids is 2. The molecule has 0 bridgehead atoms. The number of para-hydroxylation sites is 2. The van der Waals surface area contributed by atoms with Crippen molar-refractivity contribution in [2.75, 3.05) is 11.9 Å². The Kier molecular flexibility index (Phi) is 5.83. The van der Waals surface area contributed by atoms with Crippen LogP contribution in [0.15, 0.2) is 48.5 Å². The van der Waals surface area contributed by atoms with Crippen LogP contribution in [0.25, 0.3) is 10.9 Å². The Morgan fingerprint density at radius 3 is 2.21 bits per heavy atom. The first-order valence-corrected chi connectivity index (χ1v) is 9.54. The highest BCUT2D eigenvalue weighted by Crippen LogP contribution is 2.32. The Morgan fingerprint density at radius 2 is 1.61 bits per heavy atom. The predicted octanol–water partition coefficient (Wildman–Crippen LogP) is 5.21. The van der Waals surface area contributed by atoms with Gasteiger partial charge in [0.15, 0.2) is 6.61 Å². The lowest BCUT2D eigenvalue weighted by molar-refractivity contribution is -0.119. The van der Waals surface area contributed by atoms with Crippen LogP contribution in [0, 0.1) is 0 Å². The van der Waals surface area contributed by atoms with E-state index in [0.717, 1.165) is 27.7 Å². The molecule has 0 radical (unpaired) electrons. The minimum atomic E-state index is -0.549. The van der Waals surface area contributed by atoms with Crippen LogP contribution in [0.5, 0.6) is 0 Å². The number of aromatic nitrogens is 1. The summed E-state index contributed by atoms with van der Waals surface area (Å²) >= 11 is 0. The fourth-order valence-corrected chi connectivity index (χ4v) is 3.26. The Balaban J connectivity index is 1.70. The second kappa shape index (κ2) is 8.30. The van der Waals surface area contributed by atoms with E-state index >= 15 is 0 Å². The van der Waals surface area contributed by atoms with Gasteiger partial charge < -0.3 is 15.0 Å². The Labute approximate surface area is 165 Å². The predicted molar refractivity (Wildman–Crippen MR) is 112 cm³/mol. The standard InChI is InChI=1S/C23H26N2O3/c1-14(2)17-9-7-10-18(15(3)4)22(17)25-21(26)13-28-23(27)20-12-16-8-5-6-11-19(16)24-20/h5-12,14-15,24H,13H2,1-4H3,(H,25,26). The number of hydrogen-bond donors (Lipinski definition) is 2. The van der Waals surface area contributed by atoms with Crippen LogP contribution in [0.1, 0.15) is 61.1 Å². The van der Waals surface area contributed by atoms with Crippen molar-refractivity contribution in [2.45, 2.75) is 39.5 Å². The van der Waals surface area contributed by atoms with E-state index in [4.69, 9.17) is 4.74 Å². The molecule has 0 aliphatic rings. The maximum atomic E-state index is 12.5. The number of esters is 1. The molecule has 0 aliphatic carbocycles. The number of anilines is 1. The summed E-state index contributed by atoms with van der Waals surface area (Å²) < 4.78 is 5.21. The highest BCUT2D eigenvalue weighted by Gasteiger charge is 2.18. The number of rotatable bonds is 6. The van der Waals surface area contributed by atoms with Crippen molar-refractivity contribution in [3.8, 4) is 0 Å². The van der Waals surface area contributed by atoms with Crippen molar-refractivity contribution in [2.24, 2.45) is 0 Å². The van der Waals surface area contributed by atoms with Gasteiger partial charge in [-0.15, -0.1) is 0 Å². The van der Waals surface area contributed by atoms with Crippen molar-refractivity contribution in [3.63, 3.8) is 0 Å². The molecular formula is C23H26N2O3. The van der Waals surface area contributed by atoms with Crippen LogP contribution in [0.4, 0.5) is 5.69 Å². The molecule has 3 rings (SSSR count). The highest BCUT2D eigenvalue weighted by molar-refractivity contribution is 5.98. The van der Waals surface area contributed by atoms with Gasteiger partial charge in [0.25, 0.3) is 5.91 Å². The molecule has 1 amide bonds. The molecule has 0 spiro atoms. The first-order valence-electron chi connectivity index (χ1n) is 9.54. The van der Waals surface area contributed by atoms with Gasteiger partial charge >= 0.3 is 5.97 Å². The van der Waals surface area contributed by atoms with E-state index in [9.17, 15) is 9.59 Å². The van der Waals surface area contributed by atoms with Crippen molar-refractivity contribution in [1.82, 2.24) is 4.98 Å². The molecule has 0 unspecified atom stereocenters. The van der Waals surface area contributed by atoms with Gasteiger partial charge in [-0.3, -0.25) is 4.79 Å². The Bertz CT molecular complexity index is 943. The van der Waals surface area contributed by atoms with Gasteiger partial charge in [0, 0.05) is 16.6 Å². The van der Waals surface area contributed by atoms with E-state index in [1.165, 1.54) is 0 Å². The van der Waals surface area contributed by atoms with Gasteiger partial charge in [-0.1, -0.05) is 64.1 Å². The third kappa shape index (κ3) is 4.25. The zero-order valence-corrected chi connectivity index (χ0v) is 16.7. The smallest absolute Gasteiger partial charge is 0.355 e. The van der Waals surface area contributed by atoms with E-state index in [-0.39, 0.29) is 24.3 Å². The monoisotopic (exact) mass is 378 g/mol. The number of fused-ring (bicyclic) bond motifs is 1. The highest BCUT2D eigenvalue weighted by atomic mass is 16.5. The molecule has 146 valence electrons. The number of hydrogen-bond acceptors (Lipinski definition) is 3. The summed E-state index contributed by atoms with van der Waals surface area (Å²) in [5.74, 6) is -0.363. The molecule has 3 aromatic rings. The minimum absolute atomic E-state index is 0.267. The molecule has 0 fully saturated rings. The second-order valence-corrected chi connectivity index (χ2v) is 7.52. The number of H-pyrrole nitrogens is 1. The zero-order chi connectivity index (χ0) is 20.3. The summed E-state index contributed by atoms with van der Waals surface area (Å²) in [5, 5.41) is 3.87. The topological polar surface area (TPSA) is 71.2 Å². The molecule has 1 aromatic heterocycles. The summed E-state index contributed by atoms with van der Waals surface area (Å²) in [4.78, 5) is 27.8. The number of benzene rings is 2. The van der Waals surface area contributed by atoms with Crippen LogP contribution in [0.2, 0.25) is 0 Å².